The van der Waals surface area contributed by atoms with Crippen LogP contribution in [0, 0.1) is 6.92 Å². The summed E-state index contributed by atoms with van der Waals surface area (Å²) in [7, 11) is -2.71. The van der Waals surface area contributed by atoms with Gasteiger partial charge in [0.25, 0.3) is 16.0 Å². The lowest BCUT2D eigenvalue weighted by molar-refractivity contribution is -0.158. The van der Waals surface area contributed by atoms with Crippen LogP contribution in [0.15, 0.2) is 104 Å². The van der Waals surface area contributed by atoms with E-state index in [1.807, 2.05) is 6.92 Å². The highest BCUT2D eigenvalue weighted by Crippen LogP contribution is 2.43. The maximum absolute atomic E-state index is 13.5. The van der Waals surface area contributed by atoms with E-state index >= 15 is 0 Å². The second-order valence-electron chi connectivity index (χ2n) is 10.3. The smallest absolute Gasteiger partial charge is 0.355 e. The number of β-lactam (4-membered cyclic amide) rings is 1. The standard InChI is InChI=1S/C32H27NO10S2/c1-19-3-12-25(13-4-19)45(37,38)43-29-30(35)33-28(32(36)41-16-20-5-9-23(39-2)10-6-20)22(18-44-31(29)33)17-40-24-11-7-21-8-14-27(34)42-26(21)15-24/h3-15,29,31H,16-18H2,1-2H3. The number of esters is 1. The molecule has 1 saturated heterocycles. The van der Waals surface area contributed by atoms with Gasteiger partial charge in [0.15, 0.2) is 6.10 Å². The largest absolute Gasteiger partial charge is 0.497 e. The Balaban J connectivity index is 1.24. The van der Waals surface area contributed by atoms with Gasteiger partial charge in [-0.05, 0) is 55.0 Å². The lowest BCUT2D eigenvalue weighted by Gasteiger charge is -2.48. The Morgan fingerprint density at radius 3 is 2.40 bits per heavy atom. The van der Waals surface area contributed by atoms with E-state index < -0.39 is 39.1 Å². The molecule has 0 radical (unpaired) electrons. The number of amides is 1. The van der Waals surface area contributed by atoms with E-state index in [0.29, 0.717) is 33.6 Å². The van der Waals surface area contributed by atoms with Crippen LogP contribution < -0.4 is 15.1 Å². The molecule has 2 aliphatic heterocycles. The molecular weight excluding hydrogens is 622 g/mol. The number of ether oxygens (including phenoxy) is 3. The normalized spacial score (nSPS) is 17.9. The Morgan fingerprint density at radius 2 is 1.67 bits per heavy atom. The van der Waals surface area contributed by atoms with Gasteiger partial charge in [0.2, 0.25) is 0 Å². The molecule has 3 aromatic carbocycles. The lowest BCUT2D eigenvalue weighted by Crippen LogP contribution is -2.66. The minimum atomic E-state index is -4.25. The quantitative estimate of drug-likeness (QED) is 0.106. The van der Waals surface area contributed by atoms with Gasteiger partial charge in [-0.3, -0.25) is 9.69 Å². The molecule has 1 aromatic heterocycles. The first kappa shape index (κ1) is 30.4. The molecule has 11 nitrogen and oxygen atoms in total. The summed E-state index contributed by atoms with van der Waals surface area (Å²) in [5.41, 5.74) is 1.82. The van der Waals surface area contributed by atoms with Gasteiger partial charge in [0.05, 0.1) is 12.0 Å². The van der Waals surface area contributed by atoms with Crippen molar-refractivity contribution in [3.05, 3.63) is 112 Å². The van der Waals surface area contributed by atoms with Crippen LogP contribution in [-0.4, -0.2) is 56.1 Å². The molecule has 4 aromatic rings. The number of carbonyl (C=O) groups is 2. The Hall–Kier alpha value is -4.59. The molecule has 232 valence electrons. The first-order valence-electron chi connectivity index (χ1n) is 13.8. The summed E-state index contributed by atoms with van der Waals surface area (Å²) in [6.45, 7) is 1.65. The average molecular weight is 650 g/mol. The predicted molar refractivity (Wildman–Crippen MR) is 164 cm³/mol. The zero-order valence-electron chi connectivity index (χ0n) is 24.1. The van der Waals surface area contributed by atoms with E-state index in [-0.39, 0.29) is 29.6 Å². The maximum Gasteiger partial charge on any atom is 0.355 e. The topological polar surface area (TPSA) is 139 Å². The number of hydrogen-bond donors (Lipinski definition) is 0. The van der Waals surface area contributed by atoms with E-state index in [9.17, 15) is 22.8 Å². The second-order valence-corrected chi connectivity index (χ2v) is 13.0. The molecule has 0 saturated carbocycles. The third kappa shape index (κ3) is 6.32. The molecule has 2 aliphatic rings. The Bertz CT molecular complexity index is 1970. The van der Waals surface area contributed by atoms with E-state index in [0.717, 1.165) is 5.56 Å². The van der Waals surface area contributed by atoms with Crippen LogP contribution in [0.1, 0.15) is 11.1 Å². The summed E-state index contributed by atoms with van der Waals surface area (Å²) in [6.07, 6.45) is -1.32. The molecule has 3 heterocycles. The minimum Gasteiger partial charge on any atom is -0.497 e. The van der Waals surface area contributed by atoms with Gasteiger partial charge in [-0.2, -0.15) is 8.42 Å². The fourth-order valence-corrected chi connectivity index (χ4v) is 7.25. The zero-order valence-corrected chi connectivity index (χ0v) is 25.8. The zero-order chi connectivity index (χ0) is 31.7. The first-order chi connectivity index (χ1) is 21.6. The summed E-state index contributed by atoms with van der Waals surface area (Å²) in [5.74, 6) is -0.210. The van der Waals surface area contributed by atoms with Crippen LogP contribution in [0.3, 0.4) is 0 Å². The number of fused-ring (bicyclic) bond motifs is 2. The highest BCUT2D eigenvalue weighted by Gasteiger charge is 2.56. The summed E-state index contributed by atoms with van der Waals surface area (Å²) < 4.78 is 53.3. The van der Waals surface area contributed by atoms with Crippen molar-refractivity contribution in [2.45, 2.75) is 29.9 Å². The highest BCUT2D eigenvalue weighted by atomic mass is 32.2. The highest BCUT2D eigenvalue weighted by molar-refractivity contribution is 8.00. The molecule has 6 rings (SSSR count). The number of benzene rings is 3. The number of nitrogens with zero attached hydrogens (tertiary/aromatic N) is 1. The van der Waals surface area contributed by atoms with Crippen molar-refractivity contribution >= 4 is 44.7 Å². The van der Waals surface area contributed by atoms with Crippen LogP contribution in [0.25, 0.3) is 11.0 Å². The molecule has 13 heteroatoms. The Morgan fingerprint density at radius 1 is 0.956 bits per heavy atom. The first-order valence-corrected chi connectivity index (χ1v) is 16.2. The third-order valence-electron chi connectivity index (χ3n) is 7.27. The lowest BCUT2D eigenvalue weighted by atomic mass is 10.1. The Labute approximate surface area is 262 Å². The van der Waals surface area contributed by atoms with Crippen LogP contribution in [0.2, 0.25) is 0 Å². The van der Waals surface area contributed by atoms with Crippen molar-refractivity contribution in [3.8, 4) is 11.5 Å². The summed E-state index contributed by atoms with van der Waals surface area (Å²) in [6, 6.07) is 21.0. The fraction of sp³-hybridized carbons (Fsp3) is 0.219. The van der Waals surface area contributed by atoms with Gasteiger partial charge in [0, 0.05) is 28.8 Å². The molecule has 45 heavy (non-hydrogen) atoms. The molecule has 0 aliphatic carbocycles. The average Bonchev–Trinajstić information content (AvgIpc) is 3.04. The molecule has 2 atom stereocenters. The maximum atomic E-state index is 13.5. The molecule has 0 bridgehead atoms. The fourth-order valence-electron chi connectivity index (χ4n) is 4.84. The van der Waals surface area contributed by atoms with Crippen LogP contribution in [0.4, 0.5) is 0 Å². The number of carbonyl (C=O) groups excluding carboxylic acids is 2. The summed E-state index contributed by atoms with van der Waals surface area (Å²) >= 11 is 1.25. The minimum absolute atomic E-state index is 0.0304. The number of aryl methyl sites for hydroxylation is 1. The summed E-state index contributed by atoms with van der Waals surface area (Å²) in [5, 5.41) is -0.0715. The van der Waals surface area contributed by atoms with Gasteiger partial charge < -0.3 is 18.6 Å². The molecule has 1 amide bonds. The summed E-state index contributed by atoms with van der Waals surface area (Å²) in [4.78, 5) is 39.7. The second kappa shape index (κ2) is 12.4. The van der Waals surface area contributed by atoms with Gasteiger partial charge in [-0.15, -0.1) is 11.8 Å². The van der Waals surface area contributed by atoms with Crippen molar-refractivity contribution in [2.24, 2.45) is 0 Å². The van der Waals surface area contributed by atoms with Crippen LogP contribution in [-0.2, 0) is 35.2 Å². The third-order valence-corrected chi connectivity index (χ3v) is 9.89. The van der Waals surface area contributed by atoms with Gasteiger partial charge in [-0.25, -0.2) is 13.8 Å². The van der Waals surface area contributed by atoms with Crippen molar-refractivity contribution in [1.29, 1.82) is 0 Å². The van der Waals surface area contributed by atoms with E-state index in [1.165, 1.54) is 34.9 Å². The SMILES string of the molecule is COc1ccc(COC(=O)C2=C(COc3ccc4ccc(=O)oc4c3)CSC3C(OS(=O)(=O)c4ccc(C)cc4)C(=O)N23)cc1. The molecule has 0 spiro atoms. The monoisotopic (exact) mass is 649 g/mol. The predicted octanol–water partition coefficient (Wildman–Crippen LogP) is 4.18. The van der Waals surface area contributed by atoms with Crippen LogP contribution >= 0.6 is 11.8 Å². The van der Waals surface area contributed by atoms with Crippen molar-refractivity contribution in [1.82, 2.24) is 4.90 Å². The van der Waals surface area contributed by atoms with E-state index in [4.69, 9.17) is 22.8 Å². The molecule has 2 unspecified atom stereocenters. The molecular formula is C32H27NO10S2. The molecule has 1 fully saturated rings. The Kier molecular flexibility index (Phi) is 8.40. The van der Waals surface area contributed by atoms with Gasteiger partial charge in [0.1, 0.15) is 41.4 Å². The van der Waals surface area contributed by atoms with Gasteiger partial charge in [-0.1, -0.05) is 29.8 Å². The van der Waals surface area contributed by atoms with Crippen molar-refractivity contribution in [2.75, 3.05) is 19.5 Å². The van der Waals surface area contributed by atoms with Crippen molar-refractivity contribution < 1.29 is 40.8 Å². The van der Waals surface area contributed by atoms with Crippen LogP contribution in [0.5, 0.6) is 11.5 Å². The van der Waals surface area contributed by atoms with Crippen molar-refractivity contribution in [3.63, 3.8) is 0 Å². The number of hydrogen-bond acceptors (Lipinski definition) is 11. The van der Waals surface area contributed by atoms with E-state index in [1.54, 1.807) is 67.8 Å². The molecule has 0 N–H and O–H groups in total. The number of rotatable bonds is 10. The van der Waals surface area contributed by atoms with Gasteiger partial charge >= 0.3 is 11.6 Å². The number of thioether (sulfide) groups is 1. The van der Waals surface area contributed by atoms with E-state index in [2.05, 4.69) is 0 Å². The number of methoxy groups -OCH3 is 1.